The van der Waals surface area contributed by atoms with Crippen molar-refractivity contribution in [1.29, 1.82) is 0 Å². The van der Waals surface area contributed by atoms with Gasteiger partial charge < -0.3 is 10.5 Å². The Hall–Kier alpha value is -2.69. The molecular formula is C16H12F2N2O. The number of nitrogen functional groups attached to an aromatic ring is 1. The van der Waals surface area contributed by atoms with Gasteiger partial charge in [0.05, 0.1) is 5.52 Å². The summed E-state index contributed by atoms with van der Waals surface area (Å²) in [5.74, 6) is -1.04. The fourth-order valence-corrected chi connectivity index (χ4v) is 2.10. The summed E-state index contributed by atoms with van der Waals surface area (Å²) in [6.07, 6.45) is 0. The summed E-state index contributed by atoms with van der Waals surface area (Å²) < 4.78 is 32.2. The van der Waals surface area contributed by atoms with Crippen LogP contribution in [0.1, 0.15) is 5.69 Å². The maximum Gasteiger partial charge on any atom is 0.168 e. The smallest absolute Gasteiger partial charge is 0.168 e. The lowest BCUT2D eigenvalue weighted by Gasteiger charge is -2.11. The van der Waals surface area contributed by atoms with Crippen molar-refractivity contribution >= 4 is 16.6 Å². The van der Waals surface area contributed by atoms with E-state index in [1.165, 1.54) is 6.07 Å². The van der Waals surface area contributed by atoms with E-state index < -0.39 is 11.6 Å². The fraction of sp³-hybridized carbons (Fsp3) is 0.0625. The number of rotatable bonds is 2. The van der Waals surface area contributed by atoms with Gasteiger partial charge >= 0.3 is 0 Å². The molecule has 0 aliphatic carbocycles. The number of halogens is 2. The molecule has 0 bridgehead atoms. The number of anilines is 1. The molecule has 0 atom stereocenters. The predicted octanol–water partition coefficient (Wildman–Crippen LogP) is 4.20. The van der Waals surface area contributed by atoms with Crippen LogP contribution in [0.25, 0.3) is 10.9 Å². The minimum atomic E-state index is -0.762. The number of nitrogens with two attached hydrogens (primary N) is 1. The largest absolute Gasteiger partial charge is 0.454 e. The summed E-state index contributed by atoms with van der Waals surface area (Å²) in [6, 6.07) is 10.1. The number of hydrogen-bond acceptors (Lipinski definition) is 3. The molecule has 3 nitrogen and oxygen atoms in total. The van der Waals surface area contributed by atoms with Crippen LogP contribution in [0.4, 0.5) is 14.5 Å². The highest BCUT2D eigenvalue weighted by Crippen LogP contribution is 2.32. The third-order valence-electron chi connectivity index (χ3n) is 3.04. The second kappa shape index (κ2) is 5.01. The van der Waals surface area contributed by atoms with Crippen molar-refractivity contribution in [1.82, 2.24) is 4.98 Å². The van der Waals surface area contributed by atoms with Crippen LogP contribution in [0.2, 0.25) is 0 Å². The molecule has 21 heavy (non-hydrogen) atoms. The molecule has 0 unspecified atom stereocenters. The molecule has 0 aliphatic rings. The van der Waals surface area contributed by atoms with Gasteiger partial charge in [0.1, 0.15) is 11.6 Å². The molecule has 0 saturated carbocycles. The van der Waals surface area contributed by atoms with Crippen molar-refractivity contribution in [3.8, 4) is 11.5 Å². The Labute approximate surface area is 120 Å². The van der Waals surface area contributed by atoms with Gasteiger partial charge in [0.25, 0.3) is 0 Å². The van der Waals surface area contributed by atoms with Gasteiger partial charge in [-0.05, 0) is 37.3 Å². The average molecular weight is 286 g/mol. The summed E-state index contributed by atoms with van der Waals surface area (Å²) in [6.45, 7) is 1.81. The Kier molecular flexibility index (Phi) is 3.17. The monoisotopic (exact) mass is 286 g/mol. The molecule has 0 amide bonds. The zero-order valence-corrected chi connectivity index (χ0v) is 11.2. The Balaban J connectivity index is 2.13. The molecule has 0 radical (unpaired) electrons. The number of ether oxygens (including phenoxy) is 1. The minimum absolute atomic E-state index is 0.0503. The summed E-state index contributed by atoms with van der Waals surface area (Å²) >= 11 is 0. The third kappa shape index (κ3) is 2.63. The molecule has 3 aromatic rings. The van der Waals surface area contributed by atoms with Gasteiger partial charge in [-0.15, -0.1) is 0 Å². The molecule has 2 aromatic carbocycles. The highest BCUT2D eigenvalue weighted by molar-refractivity contribution is 5.88. The molecule has 106 valence electrons. The predicted molar refractivity (Wildman–Crippen MR) is 77.3 cm³/mol. The normalized spacial score (nSPS) is 10.8. The van der Waals surface area contributed by atoms with E-state index in [1.807, 2.05) is 6.92 Å². The highest BCUT2D eigenvalue weighted by atomic mass is 19.1. The van der Waals surface area contributed by atoms with Gasteiger partial charge in [0.15, 0.2) is 11.6 Å². The summed E-state index contributed by atoms with van der Waals surface area (Å²) in [4.78, 5) is 4.37. The van der Waals surface area contributed by atoms with Crippen LogP contribution in [-0.4, -0.2) is 4.98 Å². The van der Waals surface area contributed by atoms with Crippen molar-refractivity contribution in [3.63, 3.8) is 0 Å². The van der Waals surface area contributed by atoms with E-state index in [2.05, 4.69) is 4.98 Å². The SMILES string of the molecule is Cc1cc(Oc2ccc(F)cc2F)c2cc(N)ccc2n1. The molecule has 0 fully saturated rings. The average Bonchev–Trinajstić information content (AvgIpc) is 2.42. The third-order valence-corrected chi connectivity index (χ3v) is 3.04. The molecule has 0 spiro atoms. The standard InChI is InChI=1S/C16H12F2N2O/c1-9-6-16(12-8-11(19)3-4-14(12)20-9)21-15-5-2-10(17)7-13(15)18/h2-8H,19H2,1H3. The van der Waals surface area contributed by atoms with Crippen LogP contribution in [0.5, 0.6) is 11.5 Å². The Bertz CT molecular complexity index is 834. The van der Waals surface area contributed by atoms with E-state index in [0.717, 1.165) is 17.8 Å². The zero-order chi connectivity index (χ0) is 15.0. The highest BCUT2D eigenvalue weighted by Gasteiger charge is 2.10. The molecule has 1 heterocycles. The molecule has 0 aliphatic heterocycles. The Morgan fingerprint density at radius 1 is 1.00 bits per heavy atom. The number of hydrogen-bond donors (Lipinski definition) is 1. The maximum absolute atomic E-state index is 13.7. The lowest BCUT2D eigenvalue weighted by atomic mass is 10.1. The first-order valence-corrected chi connectivity index (χ1v) is 6.33. The van der Waals surface area contributed by atoms with E-state index in [4.69, 9.17) is 10.5 Å². The molecule has 0 saturated heterocycles. The molecular weight excluding hydrogens is 274 g/mol. The van der Waals surface area contributed by atoms with E-state index in [0.29, 0.717) is 22.3 Å². The summed E-state index contributed by atoms with van der Waals surface area (Å²) in [5.41, 5.74) is 7.74. The topological polar surface area (TPSA) is 48.1 Å². The zero-order valence-electron chi connectivity index (χ0n) is 11.2. The van der Waals surface area contributed by atoms with E-state index in [9.17, 15) is 8.78 Å². The minimum Gasteiger partial charge on any atom is -0.454 e. The van der Waals surface area contributed by atoms with E-state index in [1.54, 1.807) is 24.3 Å². The second-order valence-electron chi connectivity index (χ2n) is 4.72. The number of nitrogens with zero attached hydrogens (tertiary/aromatic N) is 1. The molecule has 5 heteroatoms. The van der Waals surface area contributed by atoms with Crippen LogP contribution < -0.4 is 10.5 Å². The van der Waals surface area contributed by atoms with Crippen LogP contribution >= 0.6 is 0 Å². The first-order chi connectivity index (χ1) is 10.0. The van der Waals surface area contributed by atoms with Crippen molar-refractivity contribution in [3.05, 3.63) is 59.8 Å². The molecule has 1 aromatic heterocycles. The first kappa shape index (κ1) is 13.3. The summed E-state index contributed by atoms with van der Waals surface area (Å²) in [7, 11) is 0. The van der Waals surface area contributed by atoms with Crippen molar-refractivity contribution in [2.24, 2.45) is 0 Å². The molecule has 3 rings (SSSR count). The number of aryl methyl sites for hydroxylation is 1. The van der Waals surface area contributed by atoms with Gasteiger partial charge in [-0.25, -0.2) is 8.78 Å². The number of aromatic nitrogens is 1. The van der Waals surface area contributed by atoms with Crippen LogP contribution in [0, 0.1) is 18.6 Å². The summed E-state index contributed by atoms with van der Waals surface area (Å²) in [5, 5.41) is 0.671. The second-order valence-corrected chi connectivity index (χ2v) is 4.72. The van der Waals surface area contributed by atoms with Crippen molar-refractivity contribution in [2.75, 3.05) is 5.73 Å². The van der Waals surface area contributed by atoms with Gasteiger partial charge in [0.2, 0.25) is 0 Å². The van der Waals surface area contributed by atoms with Crippen LogP contribution in [-0.2, 0) is 0 Å². The van der Waals surface area contributed by atoms with Crippen molar-refractivity contribution < 1.29 is 13.5 Å². The lowest BCUT2D eigenvalue weighted by Crippen LogP contribution is -1.94. The van der Waals surface area contributed by atoms with E-state index >= 15 is 0 Å². The van der Waals surface area contributed by atoms with Gasteiger partial charge in [-0.3, -0.25) is 4.98 Å². The van der Waals surface area contributed by atoms with Crippen LogP contribution in [0.3, 0.4) is 0 Å². The number of benzene rings is 2. The fourth-order valence-electron chi connectivity index (χ4n) is 2.10. The number of fused-ring (bicyclic) bond motifs is 1. The quantitative estimate of drug-likeness (QED) is 0.718. The van der Waals surface area contributed by atoms with Gasteiger partial charge in [-0.2, -0.15) is 0 Å². The Morgan fingerprint density at radius 2 is 1.81 bits per heavy atom. The number of pyridine rings is 1. The Morgan fingerprint density at radius 3 is 2.57 bits per heavy atom. The van der Waals surface area contributed by atoms with Crippen molar-refractivity contribution in [2.45, 2.75) is 6.92 Å². The van der Waals surface area contributed by atoms with Gasteiger partial charge in [-0.1, -0.05) is 0 Å². The first-order valence-electron chi connectivity index (χ1n) is 6.33. The van der Waals surface area contributed by atoms with Gasteiger partial charge in [0, 0.05) is 28.9 Å². The van der Waals surface area contributed by atoms with E-state index in [-0.39, 0.29) is 5.75 Å². The maximum atomic E-state index is 13.7. The molecule has 2 N–H and O–H groups in total. The lowest BCUT2D eigenvalue weighted by molar-refractivity contribution is 0.441. The van der Waals surface area contributed by atoms with Crippen LogP contribution in [0.15, 0.2) is 42.5 Å².